The molecule has 1 unspecified atom stereocenters. The van der Waals surface area contributed by atoms with Gasteiger partial charge in [0.15, 0.2) is 0 Å². The zero-order chi connectivity index (χ0) is 26.1. The molecule has 9 heteroatoms. The Morgan fingerprint density at radius 2 is 1.92 bits per heavy atom. The van der Waals surface area contributed by atoms with Crippen LogP contribution in [0.4, 0.5) is 0 Å². The number of hydrogen-bond acceptors (Lipinski definition) is 5. The average molecular weight is 499 g/mol. The zero-order valence-electron chi connectivity index (χ0n) is 21.4. The van der Waals surface area contributed by atoms with Crippen molar-refractivity contribution in [3.63, 3.8) is 0 Å². The Morgan fingerprint density at radius 1 is 1.14 bits per heavy atom. The van der Waals surface area contributed by atoms with Gasteiger partial charge in [-0.3, -0.25) is 9.59 Å². The summed E-state index contributed by atoms with van der Waals surface area (Å²) >= 11 is 0. The number of fused-ring (bicyclic) bond motifs is 2. The quantitative estimate of drug-likeness (QED) is 0.336. The summed E-state index contributed by atoms with van der Waals surface area (Å²) in [5.74, 6) is 0.548. The minimum atomic E-state index is -0.724. The molecule has 2 N–H and O–H groups in total. The maximum absolute atomic E-state index is 13.6. The molecule has 0 saturated carbocycles. The van der Waals surface area contributed by atoms with Crippen molar-refractivity contribution in [2.45, 2.75) is 39.7 Å². The lowest BCUT2D eigenvalue weighted by molar-refractivity contribution is -0.124. The lowest BCUT2D eigenvalue weighted by Crippen LogP contribution is -2.39. The number of aromatic nitrogens is 5. The van der Waals surface area contributed by atoms with E-state index >= 15 is 0 Å². The summed E-state index contributed by atoms with van der Waals surface area (Å²) in [6, 6.07) is 14.8. The first kappa shape index (κ1) is 24.3. The molecule has 0 fully saturated rings. The van der Waals surface area contributed by atoms with E-state index in [0.29, 0.717) is 36.0 Å². The predicted molar refractivity (Wildman–Crippen MR) is 143 cm³/mol. The minimum absolute atomic E-state index is 0.235. The van der Waals surface area contributed by atoms with Crippen molar-refractivity contribution in [1.82, 2.24) is 29.9 Å². The first-order valence-electron chi connectivity index (χ1n) is 12.4. The summed E-state index contributed by atoms with van der Waals surface area (Å²) in [5, 5.41) is 13.7. The highest BCUT2D eigenvalue weighted by molar-refractivity contribution is 5.86. The van der Waals surface area contributed by atoms with Crippen molar-refractivity contribution in [1.29, 1.82) is 0 Å². The van der Waals surface area contributed by atoms with Crippen molar-refractivity contribution >= 4 is 27.7 Å². The van der Waals surface area contributed by atoms with Crippen molar-refractivity contribution < 1.29 is 9.53 Å². The molecule has 0 spiro atoms. The Labute approximate surface area is 214 Å². The molecule has 0 radical (unpaired) electrons. The molecule has 37 heavy (non-hydrogen) atoms. The van der Waals surface area contributed by atoms with E-state index in [1.807, 2.05) is 75.5 Å². The summed E-state index contributed by atoms with van der Waals surface area (Å²) in [7, 11) is 1.64. The molecule has 3 aromatic heterocycles. The molecule has 5 aromatic rings. The monoisotopic (exact) mass is 498 g/mol. The number of aryl methyl sites for hydroxylation is 2. The van der Waals surface area contributed by atoms with E-state index in [1.165, 1.54) is 4.68 Å². The molecule has 0 aliphatic rings. The molecule has 0 saturated heterocycles. The third kappa shape index (κ3) is 4.37. The van der Waals surface area contributed by atoms with Crippen LogP contribution in [0.15, 0.2) is 59.5 Å². The van der Waals surface area contributed by atoms with Gasteiger partial charge < -0.3 is 15.0 Å². The standard InChI is InChI=1S/C28H30N6O3/c1-5-24(27(35)29-14-13-19-16-30-23-12-11-21(37-4)15-22(19)23)34-28(36)25-18(3)33(20-9-7-6-8-10-20)32-26(25)17(2)31-34/h6-12,15-16,24,30H,5,13-14H2,1-4H3,(H,29,35). The number of nitrogens with one attached hydrogen (secondary N) is 2. The van der Waals surface area contributed by atoms with E-state index in [-0.39, 0.29) is 11.5 Å². The molecule has 0 aliphatic heterocycles. The number of nitrogens with zero attached hydrogens (tertiary/aromatic N) is 4. The third-order valence-electron chi connectivity index (χ3n) is 6.79. The summed E-state index contributed by atoms with van der Waals surface area (Å²) in [5.41, 5.74) is 4.51. The topological polar surface area (TPSA) is 107 Å². The number of ether oxygens (including phenoxy) is 1. The third-order valence-corrected chi connectivity index (χ3v) is 6.79. The Morgan fingerprint density at radius 3 is 2.65 bits per heavy atom. The van der Waals surface area contributed by atoms with E-state index in [4.69, 9.17) is 4.74 Å². The second kappa shape index (κ2) is 9.93. The van der Waals surface area contributed by atoms with Gasteiger partial charge in [0.25, 0.3) is 5.56 Å². The van der Waals surface area contributed by atoms with Gasteiger partial charge in [-0.05, 0) is 62.6 Å². The fourth-order valence-corrected chi connectivity index (χ4v) is 4.81. The molecule has 190 valence electrons. The SMILES string of the molecule is CCC(C(=O)NCCc1c[nH]c2ccc(OC)cc12)n1nc(C)c2nn(-c3ccccc3)c(C)c2c1=O. The Kier molecular flexibility index (Phi) is 6.52. The fraction of sp³-hybridized carbons (Fsp3) is 0.286. The van der Waals surface area contributed by atoms with Crippen LogP contribution in [-0.4, -0.2) is 44.1 Å². The van der Waals surface area contributed by atoms with Crippen LogP contribution < -0.4 is 15.6 Å². The van der Waals surface area contributed by atoms with Crippen LogP contribution in [0.25, 0.3) is 27.5 Å². The predicted octanol–water partition coefficient (Wildman–Crippen LogP) is 4.00. The van der Waals surface area contributed by atoms with Crippen LogP contribution in [0.2, 0.25) is 0 Å². The van der Waals surface area contributed by atoms with Gasteiger partial charge in [0.1, 0.15) is 17.3 Å². The number of para-hydroxylation sites is 1. The van der Waals surface area contributed by atoms with Crippen LogP contribution in [0.1, 0.15) is 36.3 Å². The van der Waals surface area contributed by atoms with Crippen LogP contribution in [0.5, 0.6) is 5.75 Å². The normalized spacial score (nSPS) is 12.2. The van der Waals surface area contributed by atoms with Gasteiger partial charge in [0, 0.05) is 23.6 Å². The van der Waals surface area contributed by atoms with Crippen LogP contribution in [0.3, 0.4) is 0 Å². The van der Waals surface area contributed by atoms with Gasteiger partial charge >= 0.3 is 0 Å². The largest absolute Gasteiger partial charge is 0.497 e. The molecule has 3 heterocycles. The van der Waals surface area contributed by atoms with E-state index in [9.17, 15) is 9.59 Å². The molecule has 2 aromatic carbocycles. The number of benzene rings is 2. The highest BCUT2D eigenvalue weighted by Crippen LogP contribution is 2.24. The van der Waals surface area contributed by atoms with Gasteiger partial charge in [0.05, 0.1) is 29.6 Å². The Balaban J connectivity index is 1.39. The van der Waals surface area contributed by atoms with Gasteiger partial charge in [-0.2, -0.15) is 10.2 Å². The lowest BCUT2D eigenvalue weighted by atomic mass is 10.1. The maximum Gasteiger partial charge on any atom is 0.278 e. The summed E-state index contributed by atoms with van der Waals surface area (Å²) in [6.45, 7) is 5.99. The highest BCUT2D eigenvalue weighted by atomic mass is 16.5. The highest BCUT2D eigenvalue weighted by Gasteiger charge is 2.25. The van der Waals surface area contributed by atoms with Gasteiger partial charge in [-0.15, -0.1) is 0 Å². The Hall–Kier alpha value is -4.40. The number of methoxy groups -OCH3 is 1. The number of amides is 1. The Bertz CT molecular complexity index is 1650. The minimum Gasteiger partial charge on any atom is -0.497 e. The molecule has 9 nitrogen and oxygen atoms in total. The number of rotatable bonds is 8. The van der Waals surface area contributed by atoms with Gasteiger partial charge in [0.2, 0.25) is 5.91 Å². The van der Waals surface area contributed by atoms with Crippen molar-refractivity contribution in [2.75, 3.05) is 13.7 Å². The smallest absolute Gasteiger partial charge is 0.278 e. The number of carbonyl (C=O) groups excluding carboxylic acids is 1. The van der Waals surface area contributed by atoms with E-state index < -0.39 is 6.04 Å². The zero-order valence-corrected chi connectivity index (χ0v) is 21.4. The van der Waals surface area contributed by atoms with Crippen molar-refractivity contribution in [2.24, 2.45) is 0 Å². The van der Waals surface area contributed by atoms with Crippen LogP contribution in [0, 0.1) is 13.8 Å². The van der Waals surface area contributed by atoms with Gasteiger partial charge in [-0.25, -0.2) is 9.36 Å². The fourth-order valence-electron chi connectivity index (χ4n) is 4.81. The van der Waals surface area contributed by atoms with Gasteiger partial charge in [-0.1, -0.05) is 25.1 Å². The number of aromatic amines is 1. The van der Waals surface area contributed by atoms with Crippen LogP contribution >= 0.6 is 0 Å². The molecule has 1 atom stereocenters. The molecular weight excluding hydrogens is 468 g/mol. The first-order valence-corrected chi connectivity index (χ1v) is 12.4. The molecule has 1 amide bonds. The summed E-state index contributed by atoms with van der Waals surface area (Å²) in [6.07, 6.45) is 3.02. The van der Waals surface area contributed by atoms with E-state index in [2.05, 4.69) is 20.5 Å². The average Bonchev–Trinajstić information content (AvgIpc) is 3.48. The molecule has 5 rings (SSSR count). The lowest BCUT2D eigenvalue weighted by Gasteiger charge is -2.17. The second-order valence-electron chi connectivity index (χ2n) is 9.08. The number of H-pyrrole nitrogens is 1. The van der Waals surface area contributed by atoms with Crippen molar-refractivity contribution in [3.8, 4) is 11.4 Å². The number of hydrogen-bond donors (Lipinski definition) is 2. The second-order valence-corrected chi connectivity index (χ2v) is 9.08. The van der Waals surface area contributed by atoms with E-state index in [0.717, 1.165) is 33.6 Å². The van der Waals surface area contributed by atoms with E-state index in [1.54, 1.807) is 11.8 Å². The number of carbonyl (C=O) groups is 1. The molecule has 0 bridgehead atoms. The first-order chi connectivity index (χ1) is 17.9. The molecule has 0 aliphatic carbocycles. The van der Waals surface area contributed by atoms with Crippen LogP contribution in [-0.2, 0) is 11.2 Å². The summed E-state index contributed by atoms with van der Waals surface area (Å²) in [4.78, 5) is 30.0. The molecular formula is C28H30N6O3. The summed E-state index contributed by atoms with van der Waals surface area (Å²) < 4.78 is 8.41. The maximum atomic E-state index is 13.6. The van der Waals surface area contributed by atoms with Crippen molar-refractivity contribution in [3.05, 3.63) is 82.0 Å².